The van der Waals surface area contributed by atoms with Crippen molar-refractivity contribution in [1.82, 2.24) is 4.98 Å². The number of rotatable bonds is 2. The van der Waals surface area contributed by atoms with Gasteiger partial charge in [-0.15, -0.1) is 0 Å². The van der Waals surface area contributed by atoms with E-state index in [1.165, 1.54) is 0 Å². The molecule has 76 valence electrons. The second kappa shape index (κ2) is 3.56. The quantitative estimate of drug-likeness (QED) is 0.325. The Morgan fingerprint density at radius 2 is 2.00 bits per heavy atom. The van der Waals surface area contributed by atoms with Crippen LogP contribution in [0.2, 0.25) is 0 Å². The van der Waals surface area contributed by atoms with Crippen molar-refractivity contribution < 1.29 is 22.5 Å². The van der Waals surface area contributed by atoms with E-state index in [9.17, 15) is 27.7 Å². The molecule has 0 aliphatic carbocycles. The maximum absolute atomic E-state index is 12.6. The van der Waals surface area contributed by atoms with Gasteiger partial charge in [-0.2, -0.15) is 4.39 Å². The molecule has 0 atom stereocenters. The molecule has 8 heteroatoms. The van der Waals surface area contributed by atoms with E-state index in [2.05, 4.69) is 4.98 Å². The first-order chi connectivity index (χ1) is 6.43. The number of pyridine rings is 1. The molecule has 4 nitrogen and oxygen atoms in total. The molecule has 0 saturated heterocycles. The summed E-state index contributed by atoms with van der Waals surface area (Å²) >= 11 is 0. The summed E-state index contributed by atoms with van der Waals surface area (Å²) in [5.74, 6) is -3.33. The highest BCUT2D eigenvalue weighted by atomic mass is 19.3. The summed E-state index contributed by atoms with van der Waals surface area (Å²) in [4.78, 5) is 11.2. The average molecular weight is 210 g/mol. The largest absolute Gasteiger partial charge is 0.326 e. The fraction of sp³-hybridized carbons (Fsp3) is 0.167. The van der Waals surface area contributed by atoms with Crippen molar-refractivity contribution in [3.63, 3.8) is 0 Å². The van der Waals surface area contributed by atoms with Crippen molar-refractivity contribution in [3.05, 3.63) is 33.6 Å². The van der Waals surface area contributed by atoms with Crippen LogP contribution >= 0.6 is 0 Å². The Morgan fingerprint density at radius 1 is 1.43 bits per heavy atom. The minimum Gasteiger partial charge on any atom is -0.258 e. The molecule has 0 unspecified atom stereocenters. The molecule has 0 aliphatic rings. The zero-order valence-corrected chi connectivity index (χ0v) is 6.38. The number of nitro groups is 1. The summed E-state index contributed by atoms with van der Waals surface area (Å²) in [6.07, 6.45) is -3.31. The van der Waals surface area contributed by atoms with Crippen LogP contribution in [-0.4, -0.2) is 9.91 Å². The molecule has 0 amide bonds. The summed E-state index contributed by atoms with van der Waals surface area (Å²) in [6.45, 7) is 0. The number of aromatic nitrogens is 1. The molecule has 0 aliphatic heterocycles. The van der Waals surface area contributed by atoms with Crippen LogP contribution in [0.4, 0.5) is 23.2 Å². The summed E-state index contributed by atoms with van der Waals surface area (Å²) < 4.78 is 49.0. The monoisotopic (exact) mass is 210 g/mol. The molecule has 0 radical (unpaired) electrons. The normalized spacial score (nSPS) is 10.6. The van der Waals surface area contributed by atoms with Gasteiger partial charge in [0.25, 0.3) is 12.4 Å². The minimum atomic E-state index is -3.31. The van der Waals surface area contributed by atoms with E-state index in [0.29, 0.717) is 0 Å². The van der Waals surface area contributed by atoms with Crippen molar-refractivity contribution >= 4 is 5.69 Å². The first-order valence-electron chi connectivity index (χ1n) is 3.22. The molecule has 0 fully saturated rings. The van der Waals surface area contributed by atoms with Gasteiger partial charge in [0.2, 0.25) is 0 Å². The second-order valence-electron chi connectivity index (χ2n) is 2.22. The summed E-state index contributed by atoms with van der Waals surface area (Å²) in [7, 11) is 0. The maximum atomic E-state index is 12.6. The maximum Gasteiger partial charge on any atom is 0.326 e. The van der Waals surface area contributed by atoms with Crippen LogP contribution in [0.1, 0.15) is 12.1 Å². The van der Waals surface area contributed by atoms with Crippen molar-refractivity contribution in [2.45, 2.75) is 6.43 Å². The van der Waals surface area contributed by atoms with Gasteiger partial charge < -0.3 is 0 Å². The van der Waals surface area contributed by atoms with Gasteiger partial charge in [0.1, 0.15) is 5.69 Å². The predicted octanol–water partition coefficient (Wildman–Crippen LogP) is 2.21. The van der Waals surface area contributed by atoms with Crippen molar-refractivity contribution in [2.75, 3.05) is 0 Å². The first kappa shape index (κ1) is 10.4. The lowest BCUT2D eigenvalue weighted by Crippen LogP contribution is -2.03. The van der Waals surface area contributed by atoms with Crippen LogP contribution in [0.3, 0.4) is 0 Å². The van der Waals surface area contributed by atoms with Gasteiger partial charge in [-0.1, -0.05) is 0 Å². The molecule has 0 aromatic carbocycles. The van der Waals surface area contributed by atoms with Gasteiger partial charge in [-0.05, 0) is 0 Å². The summed E-state index contributed by atoms with van der Waals surface area (Å²) in [5, 5.41) is 10.0. The van der Waals surface area contributed by atoms with Crippen LogP contribution in [0.15, 0.2) is 6.07 Å². The smallest absolute Gasteiger partial charge is 0.258 e. The molecule has 1 rings (SSSR count). The Morgan fingerprint density at radius 3 is 2.43 bits per heavy atom. The van der Waals surface area contributed by atoms with Crippen molar-refractivity contribution in [1.29, 1.82) is 0 Å². The van der Waals surface area contributed by atoms with E-state index in [1.54, 1.807) is 0 Å². The predicted molar refractivity (Wildman–Crippen MR) is 35.8 cm³/mol. The van der Waals surface area contributed by atoms with E-state index >= 15 is 0 Å². The molecule has 1 heterocycles. The lowest BCUT2D eigenvalue weighted by Gasteiger charge is -2.00. The van der Waals surface area contributed by atoms with Gasteiger partial charge in [0.05, 0.1) is 11.0 Å². The molecule has 0 N–H and O–H groups in total. The van der Waals surface area contributed by atoms with E-state index in [1.807, 2.05) is 0 Å². The molecule has 0 bridgehead atoms. The number of alkyl halides is 2. The number of hydrogen-bond donors (Lipinski definition) is 0. The van der Waals surface area contributed by atoms with Crippen molar-refractivity contribution in [3.8, 4) is 0 Å². The fourth-order valence-electron chi connectivity index (χ4n) is 0.751. The van der Waals surface area contributed by atoms with Crippen LogP contribution in [-0.2, 0) is 0 Å². The third-order valence-corrected chi connectivity index (χ3v) is 1.34. The fourth-order valence-corrected chi connectivity index (χ4v) is 0.751. The Labute approximate surface area is 74.3 Å². The van der Waals surface area contributed by atoms with E-state index in [-0.39, 0.29) is 6.07 Å². The second-order valence-corrected chi connectivity index (χ2v) is 2.22. The Kier molecular flexibility index (Phi) is 2.63. The Balaban J connectivity index is 3.31. The van der Waals surface area contributed by atoms with Crippen molar-refractivity contribution in [2.24, 2.45) is 0 Å². The highest BCUT2D eigenvalue weighted by Crippen LogP contribution is 2.24. The Bertz CT molecular complexity index is 382. The van der Waals surface area contributed by atoms with Gasteiger partial charge >= 0.3 is 5.69 Å². The first-order valence-corrected chi connectivity index (χ1v) is 3.22. The SMILES string of the molecule is O=[N+]([O-])c1cc(F)c(C(F)F)nc1F. The summed E-state index contributed by atoms with van der Waals surface area (Å²) in [5.41, 5.74) is -2.71. The Hall–Kier alpha value is -1.73. The van der Waals surface area contributed by atoms with E-state index in [4.69, 9.17) is 0 Å². The zero-order valence-electron chi connectivity index (χ0n) is 6.38. The van der Waals surface area contributed by atoms with Crippen LogP contribution < -0.4 is 0 Å². The molecule has 0 saturated carbocycles. The van der Waals surface area contributed by atoms with E-state index < -0.39 is 34.5 Å². The number of halogens is 4. The van der Waals surface area contributed by atoms with Gasteiger partial charge in [-0.3, -0.25) is 10.1 Å². The number of nitrogens with zero attached hydrogens (tertiary/aromatic N) is 2. The summed E-state index contributed by atoms with van der Waals surface area (Å²) in [6, 6.07) is 0.0732. The van der Waals surface area contributed by atoms with Crippen LogP contribution in [0.25, 0.3) is 0 Å². The highest BCUT2D eigenvalue weighted by molar-refractivity contribution is 5.30. The third kappa shape index (κ3) is 1.78. The molecule has 1 aromatic rings. The number of hydrogen-bond acceptors (Lipinski definition) is 3. The lowest BCUT2D eigenvalue weighted by molar-refractivity contribution is -0.388. The van der Waals surface area contributed by atoms with Gasteiger partial charge in [0.15, 0.2) is 5.82 Å². The standard InChI is InChI=1S/C6H2F4N2O2/c7-2-1-3(12(13)14)6(10)11-4(2)5(8)9/h1,5H. The molecule has 0 spiro atoms. The highest BCUT2D eigenvalue weighted by Gasteiger charge is 2.24. The van der Waals surface area contributed by atoms with Gasteiger partial charge in [0, 0.05) is 0 Å². The minimum absolute atomic E-state index is 0.0732. The zero-order chi connectivity index (χ0) is 10.9. The van der Waals surface area contributed by atoms with Crippen LogP contribution in [0.5, 0.6) is 0 Å². The van der Waals surface area contributed by atoms with Gasteiger partial charge in [-0.25, -0.2) is 18.2 Å². The lowest BCUT2D eigenvalue weighted by atomic mass is 10.3. The molecular weight excluding hydrogens is 208 g/mol. The van der Waals surface area contributed by atoms with Crippen LogP contribution in [0, 0.1) is 21.9 Å². The average Bonchev–Trinajstić information content (AvgIpc) is 2.07. The molecule has 1 aromatic heterocycles. The molecular formula is C6H2F4N2O2. The molecule has 14 heavy (non-hydrogen) atoms. The third-order valence-electron chi connectivity index (χ3n) is 1.34. The topological polar surface area (TPSA) is 56.0 Å². The van der Waals surface area contributed by atoms with E-state index in [0.717, 1.165) is 0 Å².